The van der Waals surface area contributed by atoms with E-state index in [0.717, 1.165) is 18.2 Å². The fourth-order valence-electron chi connectivity index (χ4n) is 4.54. The van der Waals surface area contributed by atoms with Crippen LogP contribution in [0.3, 0.4) is 0 Å². The Morgan fingerprint density at radius 2 is 1.55 bits per heavy atom. The van der Waals surface area contributed by atoms with Gasteiger partial charge in [-0.2, -0.15) is 0 Å². The minimum Gasteiger partial charge on any atom is -0.507 e. The first kappa shape index (κ1) is 25.3. The van der Waals surface area contributed by atoms with Crippen molar-refractivity contribution in [3.8, 4) is 23.0 Å². The molecular formula is C26H22O12. The summed E-state index contributed by atoms with van der Waals surface area (Å²) in [5, 5.41) is 72.1. The van der Waals surface area contributed by atoms with Crippen molar-refractivity contribution in [1.29, 1.82) is 0 Å². The minimum absolute atomic E-state index is 0.142. The fourth-order valence-corrected chi connectivity index (χ4v) is 4.54. The number of rotatable bonds is 4. The normalized spacial score (nSPS) is 23.5. The van der Waals surface area contributed by atoms with Gasteiger partial charge in [-0.05, 0) is 18.2 Å². The second-order valence-electron chi connectivity index (χ2n) is 8.79. The third-order valence-corrected chi connectivity index (χ3v) is 6.45. The van der Waals surface area contributed by atoms with Crippen LogP contribution in [0.25, 0.3) is 21.9 Å². The molecule has 2 heterocycles. The summed E-state index contributed by atoms with van der Waals surface area (Å²) < 4.78 is 16.5. The Morgan fingerprint density at radius 1 is 0.895 bits per heavy atom. The van der Waals surface area contributed by atoms with Gasteiger partial charge in [-0.3, -0.25) is 4.79 Å². The first-order valence-electron chi connectivity index (χ1n) is 11.4. The maximum atomic E-state index is 13.1. The molecule has 0 saturated carbocycles. The van der Waals surface area contributed by atoms with Gasteiger partial charge in [0.15, 0.2) is 17.6 Å². The van der Waals surface area contributed by atoms with Crippen molar-refractivity contribution in [3.63, 3.8) is 0 Å². The number of aliphatic hydroxyl groups excluding tert-OH is 3. The molecule has 1 aromatic heterocycles. The molecule has 0 amide bonds. The van der Waals surface area contributed by atoms with Gasteiger partial charge in [0.25, 0.3) is 0 Å². The van der Waals surface area contributed by atoms with Crippen molar-refractivity contribution in [2.75, 3.05) is 6.61 Å². The molecule has 1 aliphatic heterocycles. The molecule has 5 atom stereocenters. The van der Waals surface area contributed by atoms with Gasteiger partial charge < -0.3 is 49.6 Å². The Kier molecular flexibility index (Phi) is 6.33. The van der Waals surface area contributed by atoms with Crippen molar-refractivity contribution in [2.45, 2.75) is 30.5 Å². The smallest absolute Gasteiger partial charge is 0.338 e. The Labute approximate surface area is 212 Å². The molecule has 1 fully saturated rings. The number of carbonyl (C=O) groups is 1. The van der Waals surface area contributed by atoms with Crippen LogP contribution in [0.5, 0.6) is 23.0 Å². The third kappa shape index (κ3) is 4.05. The summed E-state index contributed by atoms with van der Waals surface area (Å²) in [5.74, 6) is -3.56. The molecule has 12 nitrogen and oxygen atoms in total. The van der Waals surface area contributed by atoms with Crippen molar-refractivity contribution < 1.29 is 54.4 Å². The predicted octanol–water partition coefficient (Wildman–Crippen LogP) is 1.15. The van der Waals surface area contributed by atoms with E-state index in [1.165, 1.54) is 12.1 Å². The highest BCUT2D eigenvalue weighted by molar-refractivity contribution is 5.96. The highest BCUT2D eigenvalue weighted by Crippen LogP contribution is 2.45. The summed E-state index contributed by atoms with van der Waals surface area (Å²) in [5.41, 5.74) is -1.61. The van der Waals surface area contributed by atoms with Gasteiger partial charge in [-0.1, -0.05) is 18.2 Å². The van der Waals surface area contributed by atoms with Crippen molar-refractivity contribution in [2.24, 2.45) is 0 Å². The fraction of sp³-hybridized carbons (Fsp3) is 0.231. The average molecular weight is 526 g/mol. The second-order valence-corrected chi connectivity index (χ2v) is 8.79. The molecule has 3 aromatic carbocycles. The average Bonchev–Trinajstić information content (AvgIpc) is 2.89. The number of phenols is 4. The zero-order chi connectivity index (χ0) is 27.3. The topological polar surface area (TPSA) is 207 Å². The number of esters is 1. The van der Waals surface area contributed by atoms with Gasteiger partial charge in [0.1, 0.15) is 52.5 Å². The van der Waals surface area contributed by atoms with Gasteiger partial charge in [0.2, 0.25) is 5.43 Å². The molecular weight excluding hydrogens is 504 g/mol. The SMILES string of the molecule is O=C(OC1C(CO)OC(c2c(O)cc3oc4cc(O)c(O)cc4c(=O)c3c2O)C(O)C1O)c1ccccc1. The molecule has 0 bridgehead atoms. The first-order valence-corrected chi connectivity index (χ1v) is 11.4. The molecule has 4 aromatic rings. The van der Waals surface area contributed by atoms with Gasteiger partial charge in [0, 0.05) is 12.1 Å². The summed E-state index contributed by atoms with van der Waals surface area (Å²) in [7, 11) is 0. The Bertz CT molecular complexity index is 1590. The van der Waals surface area contributed by atoms with E-state index in [2.05, 4.69) is 0 Å². The molecule has 0 aliphatic carbocycles. The molecule has 12 heteroatoms. The Hall–Kier alpha value is -4.36. The van der Waals surface area contributed by atoms with E-state index in [1.807, 2.05) is 0 Å². The van der Waals surface area contributed by atoms with E-state index in [-0.39, 0.29) is 22.1 Å². The van der Waals surface area contributed by atoms with Crippen LogP contribution in [-0.2, 0) is 9.47 Å². The number of aromatic hydroxyl groups is 4. The molecule has 5 unspecified atom stereocenters. The largest absolute Gasteiger partial charge is 0.507 e. The third-order valence-electron chi connectivity index (χ3n) is 6.45. The maximum absolute atomic E-state index is 13.1. The highest BCUT2D eigenvalue weighted by atomic mass is 16.6. The van der Waals surface area contributed by atoms with Crippen molar-refractivity contribution in [1.82, 2.24) is 0 Å². The summed E-state index contributed by atoms with van der Waals surface area (Å²) in [6.45, 7) is -0.780. The van der Waals surface area contributed by atoms with Crippen LogP contribution < -0.4 is 5.43 Å². The number of fused-ring (bicyclic) bond motifs is 2. The van der Waals surface area contributed by atoms with Crippen LogP contribution in [-0.4, -0.2) is 72.7 Å². The zero-order valence-electron chi connectivity index (χ0n) is 19.4. The number of benzene rings is 3. The molecule has 1 aliphatic rings. The van der Waals surface area contributed by atoms with Crippen molar-refractivity contribution in [3.05, 3.63) is 69.9 Å². The molecule has 1 saturated heterocycles. The summed E-state index contributed by atoms with van der Waals surface area (Å²) in [6, 6.07) is 10.7. The highest BCUT2D eigenvalue weighted by Gasteiger charge is 2.48. The van der Waals surface area contributed by atoms with Crippen molar-refractivity contribution >= 4 is 27.9 Å². The number of ether oxygens (including phenoxy) is 2. The van der Waals surface area contributed by atoms with Gasteiger partial charge in [-0.15, -0.1) is 0 Å². The van der Waals surface area contributed by atoms with Gasteiger partial charge in [0.05, 0.1) is 23.1 Å². The lowest BCUT2D eigenvalue weighted by molar-refractivity contribution is -0.232. The van der Waals surface area contributed by atoms with E-state index >= 15 is 0 Å². The number of hydrogen-bond donors (Lipinski definition) is 7. The standard InChI is InChI=1S/C26H22O12/c27-9-17-24(38-26(35)10-4-2-1-3-5-10)22(33)23(34)25(37-17)18-14(30)8-16-19(21(18)32)20(31)11-6-12(28)13(29)7-15(11)36-16/h1-8,17,22-25,27-30,32-34H,9H2. The van der Waals surface area contributed by atoms with Gasteiger partial charge >= 0.3 is 5.97 Å². The van der Waals surface area contributed by atoms with E-state index in [0.29, 0.717) is 0 Å². The van der Waals surface area contributed by atoms with E-state index in [1.54, 1.807) is 18.2 Å². The number of carbonyl (C=O) groups excluding carboxylic acids is 1. The molecule has 5 rings (SSSR count). The molecule has 198 valence electrons. The lowest BCUT2D eigenvalue weighted by Gasteiger charge is -2.42. The summed E-state index contributed by atoms with van der Waals surface area (Å²) in [6.07, 6.45) is -8.32. The van der Waals surface area contributed by atoms with Gasteiger partial charge in [-0.25, -0.2) is 4.79 Å². The summed E-state index contributed by atoms with van der Waals surface area (Å²) in [4.78, 5) is 25.7. The maximum Gasteiger partial charge on any atom is 0.338 e. The lowest BCUT2D eigenvalue weighted by atomic mass is 9.89. The van der Waals surface area contributed by atoms with E-state index in [4.69, 9.17) is 13.9 Å². The van der Waals surface area contributed by atoms with Crippen LogP contribution in [0, 0.1) is 0 Å². The van der Waals surface area contributed by atoms with Crippen LogP contribution in [0.15, 0.2) is 57.7 Å². The number of aliphatic hydroxyl groups is 3. The first-order chi connectivity index (χ1) is 18.1. The number of phenolic OH excluding ortho intramolecular Hbond substituents is 4. The molecule has 7 N–H and O–H groups in total. The van der Waals surface area contributed by atoms with Crippen LogP contribution >= 0.6 is 0 Å². The van der Waals surface area contributed by atoms with Crippen LogP contribution in [0.2, 0.25) is 0 Å². The lowest BCUT2D eigenvalue weighted by Crippen LogP contribution is -2.57. The molecule has 0 spiro atoms. The zero-order valence-corrected chi connectivity index (χ0v) is 19.4. The summed E-state index contributed by atoms with van der Waals surface area (Å²) >= 11 is 0. The monoisotopic (exact) mass is 526 g/mol. The van der Waals surface area contributed by atoms with Crippen LogP contribution in [0.4, 0.5) is 0 Å². The van der Waals surface area contributed by atoms with E-state index in [9.17, 15) is 45.3 Å². The number of hydrogen-bond acceptors (Lipinski definition) is 12. The van der Waals surface area contributed by atoms with Crippen LogP contribution in [0.1, 0.15) is 22.0 Å². The predicted molar refractivity (Wildman–Crippen MR) is 129 cm³/mol. The quantitative estimate of drug-likeness (QED) is 0.114. The molecule has 38 heavy (non-hydrogen) atoms. The molecule has 0 radical (unpaired) electrons. The minimum atomic E-state index is -1.89. The van der Waals surface area contributed by atoms with E-state index < -0.39 is 82.5 Å². The second kappa shape index (κ2) is 9.50. The Morgan fingerprint density at radius 3 is 2.24 bits per heavy atom. The Balaban J connectivity index is 1.56.